The first-order chi connectivity index (χ1) is 8.83. The second-order valence-electron chi connectivity index (χ2n) is 4.04. The summed E-state index contributed by atoms with van der Waals surface area (Å²) in [4.78, 5) is 11.0. The number of hydrogen-bond acceptors (Lipinski definition) is 3. The van der Waals surface area contributed by atoms with Crippen molar-refractivity contribution in [3.8, 4) is 11.6 Å². The van der Waals surface area contributed by atoms with Gasteiger partial charge in [-0.1, -0.05) is 31.5 Å². The van der Waals surface area contributed by atoms with Crippen molar-refractivity contribution in [2.75, 3.05) is 0 Å². The second kappa shape index (κ2) is 6.00. The molecular weight excluding hydrogens is 228 g/mol. The van der Waals surface area contributed by atoms with Crippen LogP contribution in [-0.2, 0) is 6.54 Å². The van der Waals surface area contributed by atoms with E-state index in [9.17, 15) is 4.79 Å². The second-order valence-corrected chi connectivity index (χ2v) is 4.04. The van der Waals surface area contributed by atoms with Gasteiger partial charge in [-0.15, -0.1) is 5.10 Å². The van der Waals surface area contributed by atoms with Gasteiger partial charge in [0.25, 0.3) is 0 Å². The molecule has 0 atom stereocenters. The molecule has 94 valence electrons. The largest absolute Gasteiger partial charge is 0.437 e. The molecule has 4 heteroatoms. The number of nitrogens with zero attached hydrogens (tertiary/aromatic N) is 2. The molecule has 4 nitrogen and oxygen atoms in total. The van der Waals surface area contributed by atoms with E-state index in [1.54, 1.807) is 10.9 Å². The predicted molar refractivity (Wildman–Crippen MR) is 69.0 cm³/mol. The van der Waals surface area contributed by atoms with Crippen molar-refractivity contribution in [2.24, 2.45) is 0 Å². The molecule has 0 unspecified atom stereocenters. The van der Waals surface area contributed by atoms with Gasteiger partial charge in [0.15, 0.2) is 6.29 Å². The summed E-state index contributed by atoms with van der Waals surface area (Å²) in [5, 5.41) is 4.28. The molecule has 0 radical (unpaired) electrons. The lowest BCUT2D eigenvalue weighted by Gasteiger charge is -2.02. The van der Waals surface area contributed by atoms with Crippen molar-refractivity contribution in [1.82, 2.24) is 9.78 Å². The highest BCUT2D eigenvalue weighted by atomic mass is 16.5. The first-order valence-electron chi connectivity index (χ1n) is 6.09. The minimum absolute atomic E-state index is 0.368. The van der Waals surface area contributed by atoms with Crippen LogP contribution >= 0.6 is 0 Å². The zero-order valence-corrected chi connectivity index (χ0v) is 10.4. The summed E-state index contributed by atoms with van der Waals surface area (Å²) in [7, 11) is 0. The number of para-hydroxylation sites is 1. The van der Waals surface area contributed by atoms with E-state index in [0.717, 1.165) is 25.7 Å². The van der Waals surface area contributed by atoms with Crippen LogP contribution in [0.1, 0.15) is 30.1 Å². The Kier molecular flexibility index (Phi) is 4.12. The molecule has 2 aromatic rings. The van der Waals surface area contributed by atoms with Gasteiger partial charge in [0.1, 0.15) is 5.75 Å². The fourth-order valence-electron chi connectivity index (χ4n) is 1.61. The monoisotopic (exact) mass is 244 g/mol. The third kappa shape index (κ3) is 2.97. The Bertz CT molecular complexity index is 506. The molecule has 0 N–H and O–H groups in total. The Hall–Kier alpha value is -2.10. The van der Waals surface area contributed by atoms with Crippen LogP contribution in [0.4, 0.5) is 0 Å². The van der Waals surface area contributed by atoms with E-state index < -0.39 is 0 Å². The van der Waals surface area contributed by atoms with E-state index in [2.05, 4.69) is 12.0 Å². The van der Waals surface area contributed by atoms with E-state index in [-0.39, 0.29) is 0 Å². The molecule has 0 bridgehead atoms. The van der Waals surface area contributed by atoms with Gasteiger partial charge in [0.05, 0.1) is 5.56 Å². The number of aryl methyl sites for hydroxylation is 1. The van der Waals surface area contributed by atoms with Crippen LogP contribution in [0, 0.1) is 0 Å². The highest BCUT2D eigenvalue weighted by molar-refractivity contribution is 5.77. The zero-order chi connectivity index (χ0) is 12.8. The van der Waals surface area contributed by atoms with Gasteiger partial charge in [0, 0.05) is 12.7 Å². The lowest BCUT2D eigenvalue weighted by molar-refractivity contribution is 0.112. The van der Waals surface area contributed by atoms with Crippen LogP contribution in [0.15, 0.2) is 36.5 Å². The van der Waals surface area contributed by atoms with Crippen molar-refractivity contribution >= 4 is 6.29 Å². The summed E-state index contributed by atoms with van der Waals surface area (Å²) in [5.41, 5.74) is 0.481. The highest BCUT2D eigenvalue weighted by Gasteiger charge is 2.10. The normalized spacial score (nSPS) is 10.3. The molecule has 0 fully saturated rings. The van der Waals surface area contributed by atoms with Crippen molar-refractivity contribution in [3.05, 3.63) is 42.1 Å². The molecule has 0 aliphatic heterocycles. The predicted octanol–water partition coefficient (Wildman–Crippen LogP) is 3.29. The molecular formula is C14H16N2O2. The first-order valence-corrected chi connectivity index (χ1v) is 6.09. The third-order valence-corrected chi connectivity index (χ3v) is 2.58. The molecule has 0 amide bonds. The van der Waals surface area contributed by atoms with Crippen LogP contribution < -0.4 is 4.74 Å². The molecule has 0 spiro atoms. The quantitative estimate of drug-likeness (QED) is 0.732. The number of carbonyl (C=O) groups is 1. The van der Waals surface area contributed by atoms with E-state index in [4.69, 9.17) is 4.74 Å². The molecule has 0 aliphatic rings. The van der Waals surface area contributed by atoms with Gasteiger partial charge in [-0.2, -0.15) is 0 Å². The highest BCUT2D eigenvalue weighted by Crippen LogP contribution is 2.22. The van der Waals surface area contributed by atoms with Crippen molar-refractivity contribution in [1.29, 1.82) is 0 Å². The van der Waals surface area contributed by atoms with Crippen molar-refractivity contribution < 1.29 is 9.53 Å². The van der Waals surface area contributed by atoms with Gasteiger partial charge < -0.3 is 4.74 Å². The number of aldehydes is 1. The van der Waals surface area contributed by atoms with Crippen LogP contribution in [0.2, 0.25) is 0 Å². The summed E-state index contributed by atoms with van der Waals surface area (Å²) >= 11 is 0. The maximum Gasteiger partial charge on any atom is 0.248 e. The number of hydrogen-bond donors (Lipinski definition) is 0. The molecule has 1 heterocycles. The molecule has 2 rings (SSSR count). The standard InChI is InChI=1S/C14H16N2O2/c1-2-3-9-16-10-12(11-17)14(15-16)18-13-7-5-4-6-8-13/h4-8,10-11H,2-3,9H2,1H3. The zero-order valence-electron chi connectivity index (χ0n) is 10.4. The van der Waals surface area contributed by atoms with Gasteiger partial charge in [-0.05, 0) is 18.6 Å². The SMILES string of the molecule is CCCCn1cc(C=O)c(Oc2ccccc2)n1. The van der Waals surface area contributed by atoms with Gasteiger partial charge in [0.2, 0.25) is 5.88 Å². The van der Waals surface area contributed by atoms with Gasteiger partial charge in [-0.3, -0.25) is 9.48 Å². The number of carbonyl (C=O) groups excluding carboxylic acids is 1. The van der Waals surface area contributed by atoms with Crippen LogP contribution in [0.5, 0.6) is 11.6 Å². The van der Waals surface area contributed by atoms with E-state index in [1.165, 1.54) is 0 Å². The summed E-state index contributed by atoms with van der Waals surface area (Å²) < 4.78 is 7.35. The fraction of sp³-hybridized carbons (Fsp3) is 0.286. The van der Waals surface area contributed by atoms with Gasteiger partial charge in [-0.25, -0.2) is 0 Å². The van der Waals surface area contributed by atoms with Crippen LogP contribution in [-0.4, -0.2) is 16.1 Å². The summed E-state index contributed by atoms with van der Waals surface area (Å²) in [6.07, 6.45) is 4.62. The average Bonchev–Trinajstić information content (AvgIpc) is 2.80. The summed E-state index contributed by atoms with van der Waals surface area (Å²) in [6.45, 7) is 2.92. The smallest absolute Gasteiger partial charge is 0.248 e. The third-order valence-electron chi connectivity index (χ3n) is 2.58. The minimum Gasteiger partial charge on any atom is -0.437 e. The molecule has 18 heavy (non-hydrogen) atoms. The van der Waals surface area contributed by atoms with Crippen molar-refractivity contribution in [2.45, 2.75) is 26.3 Å². The maximum absolute atomic E-state index is 11.0. The molecule has 1 aromatic heterocycles. The van der Waals surface area contributed by atoms with Crippen LogP contribution in [0.25, 0.3) is 0 Å². The van der Waals surface area contributed by atoms with E-state index in [0.29, 0.717) is 17.2 Å². The van der Waals surface area contributed by atoms with Crippen molar-refractivity contribution in [3.63, 3.8) is 0 Å². The van der Waals surface area contributed by atoms with E-state index >= 15 is 0 Å². The van der Waals surface area contributed by atoms with E-state index in [1.807, 2.05) is 30.3 Å². The Morgan fingerprint density at radius 3 is 2.78 bits per heavy atom. The van der Waals surface area contributed by atoms with Crippen LogP contribution in [0.3, 0.4) is 0 Å². The Labute approximate surface area is 106 Å². The average molecular weight is 244 g/mol. The Morgan fingerprint density at radius 1 is 1.33 bits per heavy atom. The fourth-order valence-corrected chi connectivity index (χ4v) is 1.61. The molecule has 0 aliphatic carbocycles. The molecule has 1 aromatic carbocycles. The number of rotatable bonds is 6. The van der Waals surface area contributed by atoms with Gasteiger partial charge >= 0.3 is 0 Å². The summed E-state index contributed by atoms with van der Waals surface area (Å²) in [5.74, 6) is 1.05. The molecule has 0 saturated heterocycles. The maximum atomic E-state index is 11.0. The lowest BCUT2D eigenvalue weighted by atomic mass is 10.3. The molecule has 0 saturated carbocycles. The minimum atomic E-state index is 0.368. The number of unbranched alkanes of at least 4 members (excludes halogenated alkanes) is 1. The topological polar surface area (TPSA) is 44.1 Å². The number of benzene rings is 1. The number of ether oxygens (including phenoxy) is 1. The Balaban J connectivity index is 2.16. The number of aromatic nitrogens is 2. The lowest BCUT2D eigenvalue weighted by Crippen LogP contribution is -1.98. The summed E-state index contributed by atoms with van der Waals surface area (Å²) in [6, 6.07) is 9.33. The first kappa shape index (κ1) is 12.4. The Morgan fingerprint density at radius 2 is 2.11 bits per heavy atom.